The van der Waals surface area contributed by atoms with Crippen LogP contribution in [0, 0.1) is 5.82 Å². The van der Waals surface area contributed by atoms with Crippen molar-refractivity contribution in [2.45, 2.75) is 37.8 Å². The standard InChI is InChI=1S/C36H40FN3O7S/c1-5-38-36(42)32(22-26-10-8-7-9-11-26)39(24-27-12-14-28(37)15-13-27)35(41)25-40(29-16-18-30(19-17-29)47-6-2)48(43,44)31-20-21-33(45-3)34(23-31)46-4/h7-21,23,32H,5-6,22,24-25H2,1-4H3,(H,38,42). The SMILES string of the molecule is CCNC(=O)C(Cc1ccccc1)N(Cc1ccc(F)cc1)C(=O)CN(c1ccc(OCC)cc1)S(=O)(=O)c1ccc(OC)c(OC)c1. The normalized spacial score (nSPS) is 11.7. The number of likely N-dealkylation sites (N-methyl/N-ethyl adjacent to an activating group) is 1. The molecule has 1 N–H and O–H groups in total. The quantitative estimate of drug-likeness (QED) is 0.173. The molecule has 48 heavy (non-hydrogen) atoms. The maximum Gasteiger partial charge on any atom is 0.264 e. The fraction of sp³-hybridized carbons (Fsp3) is 0.278. The Hall–Kier alpha value is -5.10. The van der Waals surface area contributed by atoms with E-state index in [4.69, 9.17) is 14.2 Å². The van der Waals surface area contributed by atoms with Gasteiger partial charge in [-0.15, -0.1) is 0 Å². The molecule has 0 radical (unpaired) electrons. The highest BCUT2D eigenvalue weighted by molar-refractivity contribution is 7.92. The van der Waals surface area contributed by atoms with E-state index in [9.17, 15) is 22.4 Å². The number of rotatable bonds is 16. The van der Waals surface area contributed by atoms with Crippen molar-refractivity contribution in [2.75, 3.05) is 38.2 Å². The summed E-state index contributed by atoms with van der Waals surface area (Å²) < 4.78 is 59.8. The first kappa shape index (κ1) is 35.7. The monoisotopic (exact) mass is 677 g/mol. The fourth-order valence-corrected chi connectivity index (χ4v) is 6.57. The molecule has 1 atom stereocenters. The highest BCUT2D eigenvalue weighted by Crippen LogP contribution is 2.33. The van der Waals surface area contributed by atoms with Gasteiger partial charge in [-0.2, -0.15) is 0 Å². The summed E-state index contributed by atoms with van der Waals surface area (Å²) in [6.45, 7) is 3.59. The number of sulfonamides is 1. The average Bonchev–Trinajstić information content (AvgIpc) is 3.10. The summed E-state index contributed by atoms with van der Waals surface area (Å²) in [4.78, 5) is 29.3. The minimum atomic E-state index is -4.40. The molecule has 0 spiro atoms. The van der Waals surface area contributed by atoms with Gasteiger partial charge < -0.3 is 24.4 Å². The zero-order chi connectivity index (χ0) is 34.7. The van der Waals surface area contributed by atoms with E-state index >= 15 is 0 Å². The minimum Gasteiger partial charge on any atom is -0.494 e. The molecular formula is C36H40FN3O7S. The molecule has 0 saturated heterocycles. The number of methoxy groups -OCH3 is 2. The molecule has 0 bridgehead atoms. The van der Waals surface area contributed by atoms with Crippen molar-refractivity contribution >= 4 is 27.5 Å². The van der Waals surface area contributed by atoms with E-state index in [1.807, 2.05) is 37.3 Å². The molecule has 0 aliphatic heterocycles. The molecule has 4 aromatic carbocycles. The summed E-state index contributed by atoms with van der Waals surface area (Å²) in [5, 5.41) is 2.81. The van der Waals surface area contributed by atoms with Gasteiger partial charge in [-0.1, -0.05) is 42.5 Å². The fourth-order valence-electron chi connectivity index (χ4n) is 5.14. The Balaban J connectivity index is 1.82. The third kappa shape index (κ3) is 8.82. The summed E-state index contributed by atoms with van der Waals surface area (Å²) in [5.41, 5.74) is 1.55. The first-order chi connectivity index (χ1) is 23.1. The van der Waals surface area contributed by atoms with Crippen LogP contribution >= 0.6 is 0 Å². The number of hydrogen-bond acceptors (Lipinski definition) is 7. The summed E-state index contributed by atoms with van der Waals surface area (Å²) in [6, 6.07) is 24.3. The third-order valence-electron chi connectivity index (χ3n) is 7.55. The van der Waals surface area contributed by atoms with Gasteiger partial charge in [0.15, 0.2) is 11.5 Å². The van der Waals surface area contributed by atoms with Crippen LogP contribution in [0.15, 0.2) is 102 Å². The second-order valence-corrected chi connectivity index (χ2v) is 12.6. The highest BCUT2D eigenvalue weighted by atomic mass is 32.2. The lowest BCUT2D eigenvalue weighted by Gasteiger charge is -2.34. The molecule has 0 fully saturated rings. The van der Waals surface area contributed by atoms with Gasteiger partial charge in [0.2, 0.25) is 11.8 Å². The Kier molecular flexibility index (Phi) is 12.4. The van der Waals surface area contributed by atoms with Crippen molar-refractivity contribution in [1.29, 1.82) is 0 Å². The lowest BCUT2D eigenvalue weighted by molar-refractivity contribution is -0.140. The van der Waals surface area contributed by atoms with E-state index in [0.29, 0.717) is 30.2 Å². The average molecular weight is 678 g/mol. The number of anilines is 1. The number of amides is 2. The number of benzene rings is 4. The predicted molar refractivity (Wildman–Crippen MR) is 181 cm³/mol. The lowest BCUT2D eigenvalue weighted by Crippen LogP contribution is -2.53. The van der Waals surface area contributed by atoms with Gasteiger partial charge >= 0.3 is 0 Å². The molecule has 4 aromatic rings. The molecule has 10 nitrogen and oxygen atoms in total. The van der Waals surface area contributed by atoms with Gasteiger partial charge in [-0.3, -0.25) is 13.9 Å². The first-order valence-electron chi connectivity index (χ1n) is 15.4. The Morgan fingerprint density at radius 2 is 1.50 bits per heavy atom. The van der Waals surface area contributed by atoms with Crippen LogP contribution in [0.5, 0.6) is 17.2 Å². The van der Waals surface area contributed by atoms with Crippen LogP contribution in [0.25, 0.3) is 0 Å². The van der Waals surface area contributed by atoms with Crippen LogP contribution in [-0.2, 0) is 32.6 Å². The van der Waals surface area contributed by atoms with Crippen LogP contribution in [0.4, 0.5) is 10.1 Å². The number of carbonyl (C=O) groups excluding carboxylic acids is 2. The van der Waals surface area contributed by atoms with E-state index in [1.54, 1.807) is 31.2 Å². The number of ether oxygens (including phenoxy) is 3. The van der Waals surface area contributed by atoms with Gasteiger partial charge in [-0.25, -0.2) is 12.8 Å². The molecule has 0 saturated carbocycles. The minimum absolute atomic E-state index is 0.0821. The Morgan fingerprint density at radius 3 is 2.10 bits per heavy atom. The third-order valence-corrected chi connectivity index (χ3v) is 9.32. The summed E-state index contributed by atoms with van der Waals surface area (Å²) in [5.74, 6) is -0.474. The highest BCUT2D eigenvalue weighted by Gasteiger charge is 2.35. The Morgan fingerprint density at radius 1 is 0.833 bits per heavy atom. The maximum absolute atomic E-state index is 14.5. The van der Waals surface area contributed by atoms with Crippen molar-refractivity contribution in [3.05, 3.63) is 114 Å². The number of nitrogens with one attached hydrogen (secondary N) is 1. The van der Waals surface area contributed by atoms with E-state index in [2.05, 4.69) is 5.32 Å². The Labute approximate surface area is 281 Å². The molecule has 0 heterocycles. The largest absolute Gasteiger partial charge is 0.494 e. The molecule has 4 rings (SSSR count). The van der Waals surface area contributed by atoms with Crippen molar-refractivity contribution in [1.82, 2.24) is 10.2 Å². The van der Waals surface area contributed by atoms with Crippen LogP contribution in [0.1, 0.15) is 25.0 Å². The topological polar surface area (TPSA) is 114 Å². The summed E-state index contributed by atoms with van der Waals surface area (Å²) in [7, 11) is -1.57. The van der Waals surface area contributed by atoms with Crippen molar-refractivity contribution < 1.29 is 36.6 Å². The maximum atomic E-state index is 14.5. The zero-order valence-corrected chi connectivity index (χ0v) is 28.2. The summed E-state index contributed by atoms with van der Waals surface area (Å²) >= 11 is 0. The predicted octanol–water partition coefficient (Wildman–Crippen LogP) is 5.21. The van der Waals surface area contributed by atoms with Crippen molar-refractivity contribution in [2.24, 2.45) is 0 Å². The lowest BCUT2D eigenvalue weighted by atomic mass is 10.0. The van der Waals surface area contributed by atoms with Crippen molar-refractivity contribution in [3.63, 3.8) is 0 Å². The van der Waals surface area contributed by atoms with Crippen LogP contribution in [0.2, 0.25) is 0 Å². The van der Waals surface area contributed by atoms with Crippen LogP contribution in [0.3, 0.4) is 0 Å². The molecule has 0 aromatic heterocycles. The van der Waals surface area contributed by atoms with E-state index in [0.717, 1.165) is 9.87 Å². The summed E-state index contributed by atoms with van der Waals surface area (Å²) in [6.07, 6.45) is 0.158. The van der Waals surface area contributed by atoms with Gasteiger partial charge in [0.1, 0.15) is 24.2 Å². The molecule has 12 heteroatoms. The number of hydrogen-bond donors (Lipinski definition) is 1. The molecule has 254 valence electrons. The second kappa shape index (κ2) is 16.6. The van der Waals surface area contributed by atoms with Crippen molar-refractivity contribution in [3.8, 4) is 17.2 Å². The van der Waals surface area contributed by atoms with Crippen LogP contribution in [-0.4, -0.2) is 65.1 Å². The molecule has 0 aliphatic rings. The smallest absolute Gasteiger partial charge is 0.264 e. The Bertz CT molecular complexity index is 1770. The van der Waals surface area contributed by atoms with E-state index in [-0.39, 0.29) is 29.3 Å². The molecule has 2 amide bonds. The number of halogens is 1. The van der Waals surface area contributed by atoms with E-state index in [1.165, 1.54) is 61.6 Å². The molecular weight excluding hydrogens is 637 g/mol. The van der Waals surface area contributed by atoms with Gasteiger partial charge in [0.05, 0.1) is 31.4 Å². The molecule has 1 unspecified atom stereocenters. The number of nitrogens with zero attached hydrogens (tertiary/aromatic N) is 2. The first-order valence-corrected chi connectivity index (χ1v) is 16.9. The van der Waals surface area contributed by atoms with Gasteiger partial charge in [0, 0.05) is 25.6 Å². The van der Waals surface area contributed by atoms with E-state index < -0.39 is 40.2 Å². The van der Waals surface area contributed by atoms with Gasteiger partial charge in [-0.05, 0) is 73.5 Å². The van der Waals surface area contributed by atoms with Crippen LogP contribution < -0.4 is 23.8 Å². The molecule has 0 aliphatic carbocycles. The second-order valence-electron chi connectivity index (χ2n) is 10.7. The number of carbonyl (C=O) groups is 2. The zero-order valence-electron chi connectivity index (χ0n) is 27.4. The van der Waals surface area contributed by atoms with Gasteiger partial charge in [0.25, 0.3) is 10.0 Å².